The average molecular weight is 468 g/mol. The number of hydrogen-bond donors (Lipinski definition) is 1. The van der Waals surface area contributed by atoms with E-state index in [2.05, 4.69) is 6.92 Å². The van der Waals surface area contributed by atoms with Gasteiger partial charge in [0.25, 0.3) is 0 Å². The molecule has 11 heteroatoms. The molecule has 3 aromatic carbocycles. The molecular formula is C20H12F8O2S. The molecule has 0 radical (unpaired) electrons. The summed E-state index contributed by atoms with van der Waals surface area (Å²) >= 11 is 1.36. The number of benzene rings is 3. The Labute approximate surface area is 175 Å². The predicted octanol–water partition coefficient (Wildman–Crippen LogP) is 6.82. The number of rotatable bonds is 3. The maximum Gasteiger partial charge on any atom is 0.204 e. The van der Waals surface area contributed by atoms with Crippen LogP contribution in [0.4, 0.5) is 35.1 Å². The molecule has 0 unspecified atom stereocenters. The van der Waals surface area contributed by atoms with Crippen molar-refractivity contribution >= 4 is 12.0 Å². The van der Waals surface area contributed by atoms with Crippen molar-refractivity contribution in [2.45, 2.75) is 6.92 Å². The fraction of sp³-hybridized carbons (Fsp3) is 0.100. The third-order valence-electron chi connectivity index (χ3n) is 3.80. The van der Waals surface area contributed by atoms with Crippen LogP contribution in [0.5, 0.6) is 11.5 Å². The molecule has 2 nitrogen and oxygen atoms in total. The molecule has 0 spiro atoms. The van der Waals surface area contributed by atoms with Crippen LogP contribution in [0.25, 0.3) is 11.1 Å². The lowest BCUT2D eigenvalue weighted by Gasteiger charge is -2.11. The lowest BCUT2D eigenvalue weighted by Crippen LogP contribution is -2.06. The Balaban J connectivity index is 0.000000285. The van der Waals surface area contributed by atoms with Crippen molar-refractivity contribution in [3.8, 4) is 22.6 Å². The number of halogens is 8. The third-order valence-corrected chi connectivity index (χ3v) is 4.16. The minimum atomic E-state index is -2.41. The molecule has 166 valence electrons. The summed E-state index contributed by atoms with van der Waals surface area (Å²) in [6.07, 6.45) is 1.90. The highest BCUT2D eigenvalue weighted by Crippen LogP contribution is 2.38. The molecule has 0 saturated carbocycles. The van der Waals surface area contributed by atoms with Crippen LogP contribution in [0.15, 0.2) is 30.3 Å². The molecule has 0 aliphatic carbocycles. The Morgan fingerprint density at radius 3 is 1.52 bits per heavy atom. The maximum atomic E-state index is 13.5. The van der Waals surface area contributed by atoms with Gasteiger partial charge in [0.15, 0.2) is 40.7 Å². The van der Waals surface area contributed by atoms with Crippen molar-refractivity contribution in [2.24, 2.45) is 0 Å². The second-order valence-electron chi connectivity index (χ2n) is 5.89. The average Bonchev–Trinajstić information content (AvgIpc) is 2.74. The van der Waals surface area contributed by atoms with E-state index in [1.165, 1.54) is 17.6 Å². The summed E-state index contributed by atoms with van der Waals surface area (Å²) < 4.78 is 111. The Morgan fingerprint density at radius 2 is 1.10 bits per heavy atom. The largest absolute Gasteiger partial charge is 0.503 e. The van der Waals surface area contributed by atoms with Gasteiger partial charge in [-0.2, -0.15) is 8.78 Å². The number of aromatic hydroxyl groups is 1. The maximum absolute atomic E-state index is 13.5. The van der Waals surface area contributed by atoms with Gasteiger partial charge in [-0.05, 0) is 19.1 Å². The Hall–Kier alpha value is -2.95. The normalized spacial score (nSPS) is 10.5. The standard InChI is InChI=1S/C12H2F8O.C8H10OS/c13-2-1-3(14)7(16)4(6(2)15)5-8(17)10(19)12(21)11(20)9(5)18;1-7-3-5-8(6-4-7)9-10-2/h1,21H;3-6H,1-2H3. The van der Waals surface area contributed by atoms with Crippen LogP contribution in [0.1, 0.15) is 5.56 Å². The van der Waals surface area contributed by atoms with Crippen LogP contribution < -0.4 is 4.18 Å². The van der Waals surface area contributed by atoms with Gasteiger partial charge in [0.05, 0.1) is 23.2 Å². The molecule has 31 heavy (non-hydrogen) atoms. The van der Waals surface area contributed by atoms with Crippen molar-refractivity contribution in [2.75, 3.05) is 6.26 Å². The summed E-state index contributed by atoms with van der Waals surface area (Å²) in [7, 11) is 0. The number of hydrogen-bond acceptors (Lipinski definition) is 3. The fourth-order valence-corrected chi connectivity index (χ4v) is 2.63. The quantitative estimate of drug-likeness (QED) is 0.260. The molecule has 0 amide bonds. The minimum Gasteiger partial charge on any atom is -0.503 e. The van der Waals surface area contributed by atoms with Gasteiger partial charge in [-0.25, -0.2) is 26.3 Å². The topological polar surface area (TPSA) is 29.5 Å². The van der Waals surface area contributed by atoms with Gasteiger partial charge in [-0.15, -0.1) is 0 Å². The Bertz CT molecular complexity index is 1050. The van der Waals surface area contributed by atoms with Crippen LogP contribution in [-0.2, 0) is 0 Å². The molecule has 0 aliphatic rings. The Morgan fingerprint density at radius 1 is 0.677 bits per heavy atom. The summed E-state index contributed by atoms with van der Waals surface area (Å²) in [6.45, 7) is 2.06. The lowest BCUT2D eigenvalue weighted by molar-refractivity contribution is 0.357. The predicted molar refractivity (Wildman–Crippen MR) is 98.5 cm³/mol. The fourth-order valence-electron chi connectivity index (χ4n) is 2.32. The van der Waals surface area contributed by atoms with E-state index in [1.54, 1.807) is 0 Å². The van der Waals surface area contributed by atoms with Crippen LogP contribution in [0, 0.1) is 53.5 Å². The van der Waals surface area contributed by atoms with E-state index in [-0.39, 0.29) is 6.07 Å². The second kappa shape index (κ2) is 9.90. The van der Waals surface area contributed by atoms with Crippen LogP contribution in [0.2, 0.25) is 0 Å². The molecule has 0 heterocycles. The smallest absolute Gasteiger partial charge is 0.204 e. The van der Waals surface area contributed by atoms with Crippen molar-refractivity contribution in [1.29, 1.82) is 0 Å². The SMILES string of the molecule is CSOc1ccc(C)cc1.Oc1c(F)c(F)c(-c2c(F)c(F)cc(F)c2F)c(F)c1F. The van der Waals surface area contributed by atoms with Gasteiger partial charge >= 0.3 is 0 Å². The van der Waals surface area contributed by atoms with Crippen molar-refractivity contribution < 1.29 is 44.4 Å². The van der Waals surface area contributed by atoms with Gasteiger partial charge in [0.1, 0.15) is 5.75 Å². The summed E-state index contributed by atoms with van der Waals surface area (Å²) in [6, 6.07) is 7.74. The monoisotopic (exact) mass is 468 g/mol. The first kappa shape index (κ1) is 24.3. The highest BCUT2D eigenvalue weighted by molar-refractivity contribution is 7.94. The first-order valence-electron chi connectivity index (χ1n) is 8.16. The van der Waals surface area contributed by atoms with Gasteiger partial charge in [-0.3, -0.25) is 0 Å². The molecule has 0 saturated heterocycles. The molecule has 3 rings (SSSR count). The zero-order chi connectivity index (χ0) is 23.5. The minimum absolute atomic E-state index is 0.253. The summed E-state index contributed by atoms with van der Waals surface area (Å²) in [4.78, 5) is 0. The Kier molecular flexibility index (Phi) is 7.77. The summed E-state index contributed by atoms with van der Waals surface area (Å²) in [5.74, 6) is -19.3. The highest BCUT2D eigenvalue weighted by atomic mass is 32.2. The van der Waals surface area contributed by atoms with Crippen molar-refractivity contribution in [3.05, 3.63) is 82.4 Å². The second-order valence-corrected chi connectivity index (χ2v) is 6.39. The van der Waals surface area contributed by atoms with Crippen LogP contribution >= 0.6 is 12.0 Å². The number of aryl methyl sites for hydroxylation is 1. The first-order valence-corrected chi connectivity index (χ1v) is 9.31. The van der Waals surface area contributed by atoms with Crippen LogP contribution in [0.3, 0.4) is 0 Å². The molecule has 0 fully saturated rings. The zero-order valence-electron chi connectivity index (χ0n) is 15.7. The van der Waals surface area contributed by atoms with E-state index in [0.717, 1.165) is 5.75 Å². The molecule has 0 aromatic heterocycles. The highest BCUT2D eigenvalue weighted by Gasteiger charge is 2.31. The van der Waals surface area contributed by atoms with E-state index >= 15 is 0 Å². The van der Waals surface area contributed by atoms with E-state index in [0.29, 0.717) is 0 Å². The third kappa shape index (κ3) is 5.04. The molecular weight excluding hydrogens is 456 g/mol. The van der Waals surface area contributed by atoms with Crippen LogP contribution in [-0.4, -0.2) is 11.4 Å². The van der Waals surface area contributed by atoms with Crippen molar-refractivity contribution in [1.82, 2.24) is 0 Å². The van der Waals surface area contributed by atoms with Gasteiger partial charge in [-0.1, -0.05) is 17.7 Å². The van der Waals surface area contributed by atoms with E-state index < -0.39 is 63.4 Å². The lowest BCUT2D eigenvalue weighted by atomic mass is 10.0. The van der Waals surface area contributed by atoms with Gasteiger partial charge in [0, 0.05) is 12.3 Å². The van der Waals surface area contributed by atoms with Gasteiger partial charge < -0.3 is 9.29 Å². The zero-order valence-corrected chi connectivity index (χ0v) is 16.5. The first-order chi connectivity index (χ1) is 14.5. The molecule has 1 N–H and O–H groups in total. The number of phenols is 1. The molecule has 0 bridgehead atoms. The van der Waals surface area contributed by atoms with Gasteiger partial charge in [0.2, 0.25) is 11.6 Å². The molecule has 3 aromatic rings. The summed E-state index contributed by atoms with van der Waals surface area (Å²) in [5, 5.41) is 8.72. The number of phenolic OH excluding ortho intramolecular Hbond substituents is 1. The molecule has 0 aliphatic heterocycles. The molecule has 0 atom stereocenters. The van der Waals surface area contributed by atoms with E-state index in [1.807, 2.05) is 30.5 Å². The van der Waals surface area contributed by atoms with E-state index in [4.69, 9.17) is 9.29 Å². The van der Waals surface area contributed by atoms with Crippen molar-refractivity contribution in [3.63, 3.8) is 0 Å². The summed E-state index contributed by atoms with van der Waals surface area (Å²) in [5.41, 5.74) is -2.73. The van der Waals surface area contributed by atoms with E-state index in [9.17, 15) is 35.1 Å².